The Balaban J connectivity index is 1.42. The van der Waals surface area contributed by atoms with Gasteiger partial charge in [-0.3, -0.25) is 14.9 Å². The van der Waals surface area contributed by atoms with Gasteiger partial charge in [-0.2, -0.15) is 4.72 Å². The molecule has 0 fully saturated rings. The van der Waals surface area contributed by atoms with Crippen LogP contribution < -0.4 is 15.4 Å². The van der Waals surface area contributed by atoms with Crippen molar-refractivity contribution in [3.05, 3.63) is 66.6 Å². The highest BCUT2D eigenvalue weighted by Gasteiger charge is 2.17. The molecule has 0 aliphatic heterocycles. The number of ether oxygens (including phenoxy) is 1. The Morgan fingerprint density at radius 3 is 2.48 bits per heavy atom. The third-order valence-corrected chi connectivity index (χ3v) is 5.46. The van der Waals surface area contributed by atoms with Gasteiger partial charge in [0.25, 0.3) is 5.91 Å². The Kier molecular flexibility index (Phi) is 7.00. The van der Waals surface area contributed by atoms with E-state index in [9.17, 15) is 22.8 Å². The Bertz CT molecular complexity index is 1190. The summed E-state index contributed by atoms with van der Waals surface area (Å²) in [7, 11) is -3.96. The zero-order valence-corrected chi connectivity index (χ0v) is 17.0. The van der Waals surface area contributed by atoms with Crippen LogP contribution >= 0.6 is 0 Å². The molecule has 162 valence electrons. The van der Waals surface area contributed by atoms with Crippen LogP contribution in [0.25, 0.3) is 10.8 Å². The van der Waals surface area contributed by atoms with Crippen LogP contribution in [0.3, 0.4) is 0 Å². The average molecular weight is 445 g/mol. The van der Waals surface area contributed by atoms with Gasteiger partial charge in [0.15, 0.2) is 6.61 Å². The van der Waals surface area contributed by atoms with E-state index >= 15 is 0 Å². The molecular formula is C20H19N3O7S. The summed E-state index contributed by atoms with van der Waals surface area (Å²) < 4.78 is 36.6. The molecule has 0 bridgehead atoms. The molecule has 0 saturated heterocycles. The number of sulfonamides is 1. The topological polar surface area (TPSA) is 144 Å². The summed E-state index contributed by atoms with van der Waals surface area (Å²) in [6, 6.07) is 14.3. The van der Waals surface area contributed by atoms with Gasteiger partial charge in [-0.05, 0) is 35.0 Å². The Morgan fingerprint density at radius 2 is 1.74 bits per heavy atom. The minimum absolute atomic E-state index is 0.00929. The molecule has 2 aromatic carbocycles. The van der Waals surface area contributed by atoms with E-state index in [1.165, 1.54) is 18.4 Å². The fraction of sp³-hybridized carbons (Fsp3) is 0.150. The quantitative estimate of drug-likeness (QED) is 0.443. The lowest BCUT2D eigenvalue weighted by atomic mass is 10.1. The van der Waals surface area contributed by atoms with Crippen LogP contribution in [0.4, 0.5) is 4.79 Å². The second-order valence-corrected chi connectivity index (χ2v) is 8.07. The minimum Gasteiger partial charge on any atom is -0.467 e. The van der Waals surface area contributed by atoms with Crippen LogP contribution in [0.15, 0.2) is 70.2 Å². The monoisotopic (exact) mass is 445 g/mol. The highest BCUT2D eigenvalue weighted by molar-refractivity contribution is 7.89. The predicted octanol–water partition coefficient (Wildman–Crippen LogP) is 1.28. The number of carbonyl (C=O) groups excluding carboxylic acids is 3. The van der Waals surface area contributed by atoms with Gasteiger partial charge < -0.3 is 14.5 Å². The number of hydrogen-bond acceptors (Lipinski definition) is 7. The zero-order chi connectivity index (χ0) is 22.3. The number of benzene rings is 2. The van der Waals surface area contributed by atoms with Gasteiger partial charge in [0.1, 0.15) is 12.3 Å². The number of nitrogens with one attached hydrogen (secondary N) is 3. The van der Waals surface area contributed by atoms with Gasteiger partial charge in [0.2, 0.25) is 10.0 Å². The van der Waals surface area contributed by atoms with Crippen LogP contribution in [-0.4, -0.2) is 39.5 Å². The molecule has 0 spiro atoms. The van der Waals surface area contributed by atoms with E-state index in [1.807, 2.05) is 17.4 Å². The predicted molar refractivity (Wildman–Crippen MR) is 109 cm³/mol. The summed E-state index contributed by atoms with van der Waals surface area (Å²) in [5, 5.41) is 5.96. The van der Waals surface area contributed by atoms with E-state index in [0.29, 0.717) is 5.76 Å². The summed E-state index contributed by atoms with van der Waals surface area (Å²) >= 11 is 0. The number of rotatable bonds is 8. The van der Waals surface area contributed by atoms with Crippen molar-refractivity contribution in [3.8, 4) is 0 Å². The summed E-state index contributed by atoms with van der Waals surface area (Å²) in [4.78, 5) is 35.0. The van der Waals surface area contributed by atoms with Crippen molar-refractivity contribution in [1.82, 2.24) is 15.4 Å². The van der Waals surface area contributed by atoms with Crippen molar-refractivity contribution in [2.24, 2.45) is 0 Å². The molecule has 3 amide bonds. The number of furan rings is 1. The van der Waals surface area contributed by atoms with E-state index in [2.05, 4.69) is 14.8 Å². The first kappa shape index (κ1) is 22.0. The van der Waals surface area contributed by atoms with Crippen LogP contribution in [-0.2, 0) is 30.9 Å². The van der Waals surface area contributed by atoms with E-state index in [0.717, 1.165) is 10.8 Å². The van der Waals surface area contributed by atoms with E-state index in [4.69, 9.17) is 4.42 Å². The Morgan fingerprint density at radius 1 is 0.968 bits per heavy atom. The van der Waals surface area contributed by atoms with Crippen molar-refractivity contribution < 1.29 is 32.0 Å². The van der Waals surface area contributed by atoms with Crippen LogP contribution in [0.2, 0.25) is 0 Å². The van der Waals surface area contributed by atoms with Crippen LogP contribution in [0, 0.1) is 0 Å². The van der Waals surface area contributed by atoms with Gasteiger partial charge in [0.05, 0.1) is 17.7 Å². The average Bonchev–Trinajstić information content (AvgIpc) is 3.28. The van der Waals surface area contributed by atoms with Gasteiger partial charge in [-0.1, -0.05) is 30.3 Å². The number of esters is 1. The molecule has 3 aromatic rings. The lowest BCUT2D eigenvalue weighted by molar-refractivity contribution is -0.147. The first-order valence-corrected chi connectivity index (χ1v) is 10.6. The SMILES string of the molecule is O=C(COC(=O)CNS(=O)(=O)c1ccc2ccccc2c1)NC(=O)NCc1ccco1. The van der Waals surface area contributed by atoms with Crippen molar-refractivity contribution in [2.45, 2.75) is 11.4 Å². The van der Waals surface area contributed by atoms with Gasteiger partial charge in [-0.15, -0.1) is 0 Å². The number of imide groups is 1. The lowest BCUT2D eigenvalue weighted by Crippen LogP contribution is -2.41. The molecule has 0 aliphatic rings. The molecule has 1 heterocycles. The lowest BCUT2D eigenvalue weighted by Gasteiger charge is -2.09. The van der Waals surface area contributed by atoms with Crippen molar-refractivity contribution in [3.63, 3.8) is 0 Å². The number of carbonyl (C=O) groups is 3. The first-order valence-electron chi connectivity index (χ1n) is 9.08. The molecule has 1 aromatic heterocycles. The van der Waals surface area contributed by atoms with E-state index in [-0.39, 0.29) is 11.4 Å². The smallest absolute Gasteiger partial charge is 0.321 e. The molecule has 31 heavy (non-hydrogen) atoms. The van der Waals surface area contributed by atoms with Gasteiger partial charge >= 0.3 is 12.0 Å². The van der Waals surface area contributed by atoms with E-state index < -0.39 is 41.1 Å². The molecular weight excluding hydrogens is 426 g/mol. The normalized spacial score (nSPS) is 11.1. The summed E-state index contributed by atoms with van der Waals surface area (Å²) in [5.41, 5.74) is 0. The molecule has 0 aliphatic carbocycles. The minimum atomic E-state index is -3.96. The fourth-order valence-electron chi connectivity index (χ4n) is 2.56. The summed E-state index contributed by atoms with van der Waals surface area (Å²) in [6.45, 7) is -1.35. The highest BCUT2D eigenvalue weighted by Crippen LogP contribution is 2.18. The van der Waals surface area contributed by atoms with Gasteiger partial charge in [-0.25, -0.2) is 13.2 Å². The molecule has 0 saturated carbocycles. The van der Waals surface area contributed by atoms with Crippen molar-refractivity contribution in [1.29, 1.82) is 0 Å². The zero-order valence-electron chi connectivity index (χ0n) is 16.2. The van der Waals surface area contributed by atoms with E-state index in [1.54, 1.807) is 30.3 Å². The summed E-state index contributed by atoms with van der Waals surface area (Å²) in [5.74, 6) is -1.36. The number of fused-ring (bicyclic) bond motifs is 1. The maximum Gasteiger partial charge on any atom is 0.321 e. The molecule has 10 nitrogen and oxygen atoms in total. The first-order chi connectivity index (χ1) is 14.8. The van der Waals surface area contributed by atoms with Crippen LogP contribution in [0.1, 0.15) is 5.76 Å². The number of urea groups is 1. The second kappa shape index (κ2) is 9.87. The highest BCUT2D eigenvalue weighted by atomic mass is 32.2. The third-order valence-electron chi connectivity index (χ3n) is 4.06. The fourth-order valence-corrected chi connectivity index (χ4v) is 3.56. The van der Waals surface area contributed by atoms with Crippen molar-refractivity contribution in [2.75, 3.05) is 13.2 Å². The second-order valence-electron chi connectivity index (χ2n) is 6.30. The molecule has 3 N–H and O–H groups in total. The molecule has 11 heteroatoms. The number of hydrogen-bond donors (Lipinski definition) is 3. The largest absolute Gasteiger partial charge is 0.467 e. The third kappa shape index (κ3) is 6.39. The molecule has 0 atom stereocenters. The maximum atomic E-state index is 12.4. The summed E-state index contributed by atoms with van der Waals surface area (Å²) in [6.07, 6.45) is 1.44. The van der Waals surface area contributed by atoms with Gasteiger partial charge in [0, 0.05) is 0 Å². The number of amides is 3. The standard InChI is InChI=1S/C20H19N3O7S/c24-18(23-20(26)21-11-16-6-3-9-29-16)13-30-19(25)12-22-31(27,28)17-8-7-14-4-1-2-5-15(14)10-17/h1-10,22H,11-13H2,(H2,21,23,24,26). The van der Waals surface area contributed by atoms with Crippen molar-refractivity contribution >= 4 is 38.7 Å². The maximum absolute atomic E-state index is 12.4. The Labute approximate surface area is 177 Å². The molecule has 3 rings (SSSR count). The molecule has 0 radical (unpaired) electrons. The molecule has 0 unspecified atom stereocenters. The Hall–Kier alpha value is -3.70. The van der Waals surface area contributed by atoms with Crippen LogP contribution in [0.5, 0.6) is 0 Å².